The van der Waals surface area contributed by atoms with Crippen LogP contribution in [0.25, 0.3) is 0 Å². The lowest BCUT2D eigenvalue weighted by Crippen LogP contribution is -2.47. The monoisotopic (exact) mass is 239 g/mol. The van der Waals surface area contributed by atoms with Crippen molar-refractivity contribution in [1.29, 1.82) is 0 Å². The molecule has 0 spiro atoms. The Balaban J connectivity index is 1.90. The van der Waals surface area contributed by atoms with Crippen LogP contribution in [0.3, 0.4) is 0 Å². The molecule has 2 atom stereocenters. The topological polar surface area (TPSA) is 40.5 Å². The van der Waals surface area contributed by atoms with E-state index in [1.54, 1.807) is 0 Å². The number of amides is 1. The molecule has 0 bridgehead atoms. The van der Waals surface area contributed by atoms with Crippen molar-refractivity contribution in [3.05, 3.63) is 0 Å². The summed E-state index contributed by atoms with van der Waals surface area (Å²) in [7, 11) is 0. The van der Waals surface area contributed by atoms with Gasteiger partial charge in [0.15, 0.2) is 0 Å². The van der Waals surface area contributed by atoms with Crippen molar-refractivity contribution in [2.45, 2.75) is 58.0 Å². The van der Waals surface area contributed by atoms with Gasteiger partial charge in [-0.15, -0.1) is 0 Å². The Morgan fingerprint density at radius 1 is 1.12 bits per heavy atom. The molecule has 1 aliphatic carbocycles. The maximum Gasteiger partial charge on any atom is 0.225 e. The molecule has 1 saturated heterocycles. The van der Waals surface area contributed by atoms with Crippen LogP contribution >= 0.6 is 0 Å². The van der Waals surface area contributed by atoms with Gasteiger partial charge in [-0.3, -0.25) is 4.79 Å². The van der Waals surface area contributed by atoms with Crippen LogP contribution in [0, 0.1) is 11.8 Å². The minimum absolute atomic E-state index is 0.234. The second-order valence-corrected chi connectivity index (χ2v) is 5.81. The molecule has 0 radical (unpaired) electrons. The number of carbonyl (C=O) groups excluding carboxylic acids is 1. The lowest BCUT2D eigenvalue weighted by atomic mass is 9.93. The molecule has 2 fully saturated rings. The summed E-state index contributed by atoms with van der Waals surface area (Å²) in [5.41, 5.74) is 0. The molecule has 3 nitrogen and oxygen atoms in total. The van der Waals surface area contributed by atoms with Gasteiger partial charge in [-0.1, -0.05) is 32.6 Å². The highest BCUT2D eigenvalue weighted by Crippen LogP contribution is 2.26. The molecule has 2 rings (SSSR count). The van der Waals surface area contributed by atoms with Crippen molar-refractivity contribution >= 4 is 5.91 Å². The number of carbonyl (C=O) groups is 1. The zero-order chi connectivity index (χ0) is 12.3. The van der Waals surface area contributed by atoms with E-state index in [1.165, 1.54) is 25.7 Å². The molecule has 2 unspecified atom stereocenters. The molecule has 17 heavy (non-hydrogen) atoms. The minimum atomic E-state index is -0.321. The molecular formula is C14H25NO2. The number of aliphatic hydroxyl groups excluding tert-OH is 1. The average Bonchev–Trinajstić information content (AvgIpc) is 2.60. The molecule has 0 aromatic heterocycles. The third-order valence-corrected chi connectivity index (χ3v) is 4.43. The van der Waals surface area contributed by atoms with Gasteiger partial charge in [-0.25, -0.2) is 0 Å². The van der Waals surface area contributed by atoms with Crippen molar-refractivity contribution in [2.24, 2.45) is 11.8 Å². The average molecular weight is 239 g/mol. The van der Waals surface area contributed by atoms with Crippen LogP contribution < -0.4 is 0 Å². The van der Waals surface area contributed by atoms with Gasteiger partial charge >= 0.3 is 0 Å². The van der Waals surface area contributed by atoms with Gasteiger partial charge in [0.2, 0.25) is 5.91 Å². The molecule has 2 aliphatic rings. The number of β-amino-alcohol motifs (C(OH)–C–C–N with tert-alkyl or cyclic N) is 1. The van der Waals surface area contributed by atoms with Crippen LogP contribution in [0.4, 0.5) is 0 Å². The Labute approximate surface area is 104 Å². The highest BCUT2D eigenvalue weighted by molar-refractivity contribution is 5.79. The Kier molecular flexibility index (Phi) is 4.43. The summed E-state index contributed by atoms with van der Waals surface area (Å²) >= 11 is 0. The van der Waals surface area contributed by atoms with Crippen molar-refractivity contribution in [2.75, 3.05) is 13.1 Å². The number of nitrogens with zero attached hydrogens (tertiary/aromatic N) is 1. The van der Waals surface area contributed by atoms with Gasteiger partial charge in [0.05, 0.1) is 6.10 Å². The van der Waals surface area contributed by atoms with E-state index >= 15 is 0 Å². The Morgan fingerprint density at radius 3 is 2.35 bits per heavy atom. The van der Waals surface area contributed by atoms with Crippen molar-refractivity contribution < 1.29 is 9.90 Å². The third kappa shape index (κ3) is 3.21. The van der Waals surface area contributed by atoms with E-state index in [2.05, 4.69) is 6.92 Å². The van der Waals surface area contributed by atoms with E-state index in [0.29, 0.717) is 18.4 Å². The van der Waals surface area contributed by atoms with Gasteiger partial charge in [0.25, 0.3) is 0 Å². The highest BCUT2D eigenvalue weighted by atomic mass is 16.3. The quantitative estimate of drug-likeness (QED) is 0.713. The highest BCUT2D eigenvalue weighted by Gasteiger charge is 2.31. The van der Waals surface area contributed by atoms with Gasteiger partial charge in [0, 0.05) is 19.0 Å². The van der Waals surface area contributed by atoms with Gasteiger partial charge in [0.1, 0.15) is 0 Å². The predicted molar refractivity (Wildman–Crippen MR) is 67.6 cm³/mol. The zero-order valence-corrected chi connectivity index (χ0v) is 10.9. The number of likely N-dealkylation sites (tertiary alicyclic amines) is 1. The Hall–Kier alpha value is -0.570. The molecule has 98 valence electrons. The first-order valence-electron chi connectivity index (χ1n) is 7.15. The maximum atomic E-state index is 12.4. The number of piperidine rings is 1. The lowest BCUT2D eigenvalue weighted by Gasteiger charge is -2.36. The van der Waals surface area contributed by atoms with E-state index in [9.17, 15) is 9.90 Å². The molecule has 0 aromatic carbocycles. The summed E-state index contributed by atoms with van der Waals surface area (Å²) in [5.74, 6) is 0.879. The van der Waals surface area contributed by atoms with Crippen molar-refractivity contribution in [3.63, 3.8) is 0 Å². The SMILES string of the molecule is CC1CCN(C(=O)C2CCCCCC2)CC1O. The van der Waals surface area contributed by atoms with Crippen LogP contribution in [0.5, 0.6) is 0 Å². The third-order valence-electron chi connectivity index (χ3n) is 4.43. The van der Waals surface area contributed by atoms with E-state index in [4.69, 9.17) is 0 Å². The summed E-state index contributed by atoms with van der Waals surface area (Å²) in [6, 6.07) is 0. The van der Waals surface area contributed by atoms with Gasteiger partial charge in [-0.05, 0) is 25.2 Å². The molecular weight excluding hydrogens is 214 g/mol. The van der Waals surface area contributed by atoms with E-state index in [-0.39, 0.29) is 12.0 Å². The van der Waals surface area contributed by atoms with E-state index < -0.39 is 0 Å². The largest absolute Gasteiger partial charge is 0.391 e. The minimum Gasteiger partial charge on any atom is -0.391 e. The molecule has 1 heterocycles. The second-order valence-electron chi connectivity index (χ2n) is 5.81. The second kappa shape index (κ2) is 5.85. The van der Waals surface area contributed by atoms with Crippen LogP contribution in [0.1, 0.15) is 51.9 Å². The molecule has 1 N–H and O–H groups in total. The van der Waals surface area contributed by atoms with Crippen LogP contribution in [-0.4, -0.2) is 35.1 Å². The summed E-state index contributed by atoms with van der Waals surface area (Å²) in [4.78, 5) is 14.3. The van der Waals surface area contributed by atoms with E-state index in [0.717, 1.165) is 25.8 Å². The molecule has 1 amide bonds. The van der Waals surface area contributed by atoms with Crippen LogP contribution in [0.2, 0.25) is 0 Å². The molecule has 1 saturated carbocycles. The number of hydrogen-bond donors (Lipinski definition) is 1. The Morgan fingerprint density at radius 2 is 1.76 bits per heavy atom. The number of hydrogen-bond acceptors (Lipinski definition) is 2. The van der Waals surface area contributed by atoms with Crippen molar-refractivity contribution in [1.82, 2.24) is 4.90 Å². The van der Waals surface area contributed by atoms with Gasteiger partial charge < -0.3 is 10.0 Å². The fraction of sp³-hybridized carbons (Fsp3) is 0.929. The van der Waals surface area contributed by atoms with Gasteiger partial charge in [-0.2, -0.15) is 0 Å². The molecule has 0 aromatic rings. The first-order chi connectivity index (χ1) is 8.18. The molecule has 1 aliphatic heterocycles. The summed E-state index contributed by atoms with van der Waals surface area (Å²) < 4.78 is 0. The predicted octanol–water partition coefficient (Wildman–Crippen LogP) is 2.19. The standard InChI is InChI=1S/C14H25NO2/c1-11-8-9-15(10-13(11)16)14(17)12-6-4-2-3-5-7-12/h11-13,16H,2-10H2,1H3. The molecule has 3 heteroatoms. The summed E-state index contributed by atoms with van der Waals surface area (Å²) in [6.45, 7) is 3.46. The Bertz CT molecular complexity index is 259. The lowest BCUT2D eigenvalue weighted by molar-refractivity contribution is -0.140. The smallest absolute Gasteiger partial charge is 0.225 e. The maximum absolute atomic E-state index is 12.4. The summed E-state index contributed by atoms with van der Waals surface area (Å²) in [5, 5.41) is 9.86. The van der Waals surface area contributed by atoms with Crippen molar-refractivity contribution in [3.8, 4) is 0 Å². The first-order valence-corrected chi connectivity index (χ1v) is 7.15. The van der Waals surface area contributed by atoms with E-state index in [1.807, 2.05) is 4.90 Å². The van der Waals surface area contributed by atoms with Crippen LogP contribution in [0.15, 0.2) is 0 Å². The van der Waals surface area contributed by atoms with Crippen LogP contribution in [-0.2, 0) is 4.79 Å². The zero-order valence-electron chi connectivity index (χ0n) is 10.9. The fourth-order valence-corrected chi connectivity index (χ4v) is 3.03. The number of aliphatic hydroxyl groups is 1. The normalized spacial score (nSPS) is 32.2. The fourth-order valence-electron chi connectivity index (χ4n) is 3.03. The first kappa shape index (κ1) is 12.9. The number of rotatable bonds is 1. The summed E-state index contributed by atoms with van der Waals surface area (Å²) in [6.07, 6.45) is 7.69.